The number of carboxylic acids is 1. The molecule has 7 nitrogen and oxygen atoms in total. The minimum Gasteiger partial charge on any atom is -0.481 e. The largest absolute Gasteiger partial charge is 0.481 e. The summed E-state index contributed by atoms with van der Waals surface area (Å²) in [6, 6.07) is 1.78. The van der Waals surface area contributed by atoms with Gasteiger partial charge in [0.2, 0.25) is 11.8 Å². The van der Waals surface area contributed by atoms with E-state index in [1.165, 1.54) is 7.11 Å². The first-order valence-electron chi connectivity index (χ1n) is 6.67. The fraction of sp³-hybridized carbons (Fsp3) is 0.500. The van der Waals surface area contributed by atoms with Crippen molar-refractivity contribution in [1.29, 1.82) is 0 Å². The van der Waals surface area contributed by atoms with Crippen LogP contribution < -0.4 is 15.0 Å². The molecule has 0 saturated heterocycles. The number of carbonyl (C=O) groups is 2. The van der Waals surface area contributed by atoms with E-state index >= 15 is 0 Å². The molecule has 1 amide bonds. The molecule has 0 fully saturated rings. The smallest absolute Gasteiger partial charge is 0.303 e. The van der Waals surface area contributed by atoms with Crippen LogP contribution in [0.4, 0.5) is 11.4 Å². The van der Waals surface area contributed by atoms with E-state index in [-0.39, 0.29) is 18.7 Å². The number of carboxylic acid groups (broad SMARTS) is 1. The highest BCUT2D eigenvalue weighted by molar-refractivity contribution is 5.96. The molecular weight excluding hydrogens is 274 g/mol. The minimum absolute atomic E-state index is 0.0758. The van der Waals surface area contributed by atoms with Crippen LogP contribution in [0.2, 0.25) is 0 Å². The SMILES string of the molecule is COc1nccc(N(C)C)c1NC(=O)CCCCC(=O)O. The lowest BCUT2D eigenvalue weighted by Gasteiger charge is -2.19. The Morgan fingerprint density at radius 1 is 1.33 bits per heavy atom. The van der Waals surface area contributed by atoms with Crippen molar-refractivity contribution in [3.63, 3.8) is 0 Å². The molecule has 7 heteroatoms. The molecule has 0 atom stereocenters. The number of pyridine rings is 1. The number of hydrogen-bond acceptors (Lipinski definition) is 5. The Kier molecular flexibility index (Phi) is 6.45. The van der Waals surface area contributed by atoms with Gasteiger partial charge in [-0.3, -0.25) is 9.59 Å². The van der Waals surface area contributed by atoms with Gasteiger partial charge in [-0.25, -0.2) is 4.98 Å². The molecule has 0 unspecified atom stereocenters. The van der Waals surface area contributed by atoms with E-state index in [4.69, 9.17) is 9.84 Å². The number of anilines is 2. The number of ether oxygens (including phenoxy) is 1. The molecule has 1 rings (SSSR count). The molecule has 1 heterocycles. The lowest BCUT2D eigenvalue weighted by Crippen LogP contribution is -2.17. The van der Waals surface area contributed by atoms with Gasteiger partial charge in [-0.2, -0.15) is 0 Å². The van der Waals surface area contributed by atoms with Crippen molar-refractivity contribution in [1.82, 2.24) is 4.98 Å². The Balaban J connectivity index is 2.68. The van der Waals surface area contributed by atoms with Crippen molar-refractivity contribution in [3.8, 4) is 5.88 Å². The van der Waals surface area contributed by atoms with Gasteiger partial charge >= 0.3 is 5.97 Å². The molecule has 0 aromatic carbocycles. The van der Waals surface area contributed by atoms with Gasteiger partial charge in [-0.15, -0.1) is 0 Å². The average Bonchev–Trinajstić information content (AvgIpc) is 2.43. The maximum atomic E-state index is 11.9. The zero-order valence-corrected chi connectivity index (χ0v) is 12.5. The summed E-state index contributed by atoms with van der Waals surface area (Å²) in [5.41, 5.74) is 1.31. The third-order valence-electron chi connectivity index (χ3n) is 2.88. The monoisotopic (exact) mass is 295 g/mol. The Labute approximate surface area is 123 Å². The molecule has 0 aliphatic carbocycles. The zero-order valence-electron chi connectivity index (χ0n) is 12.5. The van der Waals surface area contributed by atoms with Gasteiger partial charge < -0.3 is 20.1 Å². The van der Waals surface area contributed by atoms with Crippen LogP contribution in [0.15, 0.2) is 12.3 Å². The third-order valence-corrected chi connectivity index (χ3v) is 2.88. The van der Waals surface area contributed by atoms with Crippen LogP contribution in [0.3, 0.4) is 0 Å². The second kappa shape index (κ2) is 8.08. The lowest BCUT2D eigenvalue weighted by molar-refractivity contribution is -0.137. The Hall–Kier alpha value is -2.31. The number of nitrogens with one attached hydrogen (secondary N) is 1. The van der Waals surface area contributed by atoms with Crippen molar-refractivity contribution >= 4 is 23.3 Å². The van der Waals surface area contributed by atoms with E-state index in [9.17, 15) is 9.59 Å². The molecule has 0 aliphatic heterocycles. The van der Waals surface area contributed by atoms with E-state index in [1.807, 2.05) is 19.0 Å². The van der Waals surface area contributed by atoms with Crippen molar-refractivity contribution in [2.75, 3.05) is 31.4 Å². The number of aliphatic carboxylic acids is 1. The van der Waals surface area contributed by atoms with Crippen LogP contribution in [-0.2, 0) is 9.59 Å². The summed E-state index contributed by atoms with van der Waals surface area (Å²) in [6.07, 6.45) is 2.95. The summed E-state index contributed by atoms with van der Waals surface area (Å²) >= 11 is 0. The highest BCUT2D eigenvalue weighted by Crippen LogP contribution is 2.32. The highest BCUT2D eigenvalue weighted by atomic mass is 16.5. The number of nitrogens with zero attached hydrogens (tertiary/aromatic N) is 2. The predicted molar refractivity (Wildman–Crippen MR) is 79.8 cm³/mol. The van der Waals surface area contributed by atoms with Crippen LogP contribution in [-0.4, -0.2) is 43.2 Å². The maximum Gasteiger partial charge on any atom is 0.303 e. The molecule has 1 aromatic rings. The van der Waals surface area contributed by atoms with Crippen molar-refractivity contribution in [3.05, 3.63) is 12.3 Å². The Bertz CT molecular complexity index is 503. The average molecular weight is 295 g/mol. The van der Waals surface area contributed by atoms with E-state index in [2.05, 4.69) is 10.3 Å². The van der Waals surface area contributed by atoms with Gasteiger partial charge in [0.15, 0.2) is 0 Å². The topological polar surface area (TPSA) is 91.8 Å². The van der Waals surface area contributed by atoms with Crippen molar-refractivity contribution in [2.45, 2.75) is 25.7 Å². The van der Waals surface area contributed by atoms with E-state index < -0.39 is 5.97 Å². The zero-order chi connectivity index (χ0) is 15.8. The van der Waals surface area contributed by atoms with Crippen LogP contribution >= 0.6 is 0 Å². The molecule has 0 bridgehead atoms. The van der Waals surface area contributed by atoms with Crippen LogP contribution in [0.5, 0.6) is 5.88 Å². The van der Waals surface area contributed by atoms with E-state index in [1.54, 1.807) is 12.3 Å². The fourth-order valence-electron chi connectivity index (χ4n) is 1.84. The summed E-state index contributed by atoms with van der Waals surface area (Å²) < 4.78 is 5.16. The van der Waals surface area contributed by atoms with Gasteiger partial charge in [0, 0.05) is 33.1 Å². The molecular formula is C14H21N3O4. The first-order chi connectivity index (χ1) is 9.95. The second-order valence-corrected chi connectivity index (χ2v) is 4.76. The Morgan fingerprint density at radius 2 is 2.00 bits per heavy atom. The van der Waals surface area contributed by atoms with Crippen molar-refractivity contribution in [2.24, 2.45) is 0 Å². The van der Waals surface area contributed by atoms with E-state index in [0.29, 0.717) is 24.4 Å². The molecule has 21 heavy (non-hydrogen) atoms. The third kappa shape index (κ3) is 5.29. The van der Waals surface area contributed by atoms with E-state index in [0.717, 1.165) is 5.69 Å². The summed E-state index contributed by atoms with van der Waals surface area (Å²) in [7, 11) is 5.21. The number of carbonyl (C=O) groups excluding carboxylic acids is 1. The van der Waals surface area contributed by atoms with Crippen molar-refractivity contribution < 1.29 is 19.4 Å². The highest BCUT2D eigenvalue weighted by Gasteiger charge is 2.14. The number of methoxy groups -OCH3 is 1. The second-order valence-electron chi connectivity index (χ2n) is 4.76. The van der Waals surface area contributed by atoms with Gasteiger partial charge in [-0.1, -0.05) is 0 Å². The van der Waals surface area contributed by atoms with Crippen LogP contribution in [0.1, 0.15) is 25.7 Å². The fourth-order valence-corrected chi connectivity index (χ4v) is 1.84. The summed E-state index contributed by atoms with van der Waals surface area (Å²) in [4.78, 5) is 28.3. The first kappa shape index (κ1) is 16.7. The number of aromatic nitrogens is 1. The maximum absolute atomic E-state index is 11.9. The Morgan fingerprint density at radius 3 is 2.57 bits per heavy atom. The van der Waals surface area contributed by atoms with Crippen LogP contribution in [0, 0.1) is 0 Å². The number of unbranched alkanes of at least 4 members (excludes halogenated alkanes) is 1. The van der Waals surface area contributed by atoms with Gasteiger partial charge in [0.25, 0.3) is 0 Å². The molecule has 0 spiro atoms. The predicted octanol–water partition coefficient (Wildman–Crippen LogP) is 1.74. The van der Waals surface area contributed by atoms with Gasteiger partial charge in [0.1, 0.15) is 5.69 Å². The van der Waals surface area contributed by atoms with Gasteiger partial charge in [-0.05, 0) is 18.9 Å². The molecule has 0 aliphatic rings. The molecule has 2 N–H and O–H groups in total. The number of rotatable bonds is 8. The summed E-state index contributed by atoms with van der Waals surface area (Å²) in [5.74, 6) is -0.686. The number of amides is 1. The van der Waals surface area contributed by atoms with Crippen LogP contribution in [0.25, 0.3) is 0 Å². The summed E-state index contributed by atoms with van der Waals surface area (Å²) in [6.45, 7) is 0. The standard InChI is InChI=1S/C14H21N3O4/c1-17(2)10-8-9-15-14(21-3)13(10)16-11(18)6-4-5-7-12(19)20/h8-9H,4-7H2,1-3H3,(H,16,18)(H,19,20). The minimum atomic E-state index is -0.848. The molecule has 116 valence electrons. The normalized spacial score (nSPS) is 10.0. The van der Waals surface area contributed by atoms with Gasteiger partial charge in [0.05, 0.1) is 12.8 Å². The number of hydrogen-bond donors (Lipinski definition) is 2. The lowest BCUT2D eigenvalue weighted by atomic mass is 10.2. The summed E-state index contributed by atoms with van der Waals surface area (Å²) in [5, 5.41) is 11.3. The molecule has 0 radical (unpaired) electrons. The molecule has 1 aromatic heterocycles. The molecule has 0 saturated carbocycles. The quantitative estimate of drug-likeness (QED) is 0.710. The first-order valence-corrected chi connectivity index (χ1v) is 6.67.